The van der Waals surface area contributed by atoms with Crippen LogP contribution in [0.4, 0.5) is 0 Å². The number of hydrogen-bond acceptors (Lipinski definition) is 3. The Hall–Kier alpha value is -1.77. The van der Waals surface area contributed by atoms with Crippen molar-refractivity contribution in [1.29, 1.82) is 0 Å². The fourth-order valence-corrected chi connectivity index (χ4v) is 0.886. The van der Waals surface area contributed by atoms with Crippen molar-refractivity contribution >= 4 is 0 Å². The Morgan fingerprint density at radius 3 is 2.75 bits per heavy atom. The summed E-state index contributed by atoms with van der Waals surface area (Å²) < 4.78 is 0. The van der Waals surface area contributed by atoms with E-state index < -0.39 is 0 Å². The minimum atomic E-state index is 0.727. The topological polar surface area (TPSA) is 38.7 Å². The van der Waals surface area contributed by atoms with E-state index in [0.29, 0.717) is 0 Å². The zero-order chi connectivity index (χ0) is 8.23. The molecule has 57 valence electrons. The Labute approximate surface area is 70.1 Å². The average molecular weight is 156 g/mol. The Kier molecular flexibility index (Phi) is 1.78. The first-order chi connectivity index (χ1) is 5.97. The quantitative estimate of drug-likeness (QED) is 0.625. The number of hydrogen-bond donors (Lipinski definition) is 0. The highest BCUT2D eigenvalue weighted by molar-refractivity contribution is 5.50. The predicted octanol–water partition coefficient (Wildman–Crippen LogP) is 1.34. The van der Waals surface area contributed by atoms with Gasteiger partial charge < -0.3 is 0 Å². The van der Waals surface area contributed by atoms with Crippen molar-refractivity contribution < 1.29 is 0 Å². The van der Waals surface area contributed by atoms with Gasteiger partial charge in [0.2, 0.25) is 0 Å². The van der Waals surface area contributed by atoms with Gasteiger partial charge in [0, 0.05) is 24.7 Å². The lowest BCUT2D eigenvalue weighted by molar-refractivity contribution is 1.17. The molecule has 0 aliphatic heterocycles. The molecular weight excluding hydrogens is 150 g/mol. The Balaban J connectivity index is 2.46. The third-order valence-electron chi connectivity index (χ3n) is 1.41. The van der Waals surface area contributed by atoms with Crippen LogP contribution in [-0.4, -0.2) is 15.0 Å². The monoisotopic (exact) mass is 156 g/mol. The molecule has 2 aromatic heterocycles. The highest BCUT2D eigenvalue weighted by Gasteiger charge is 1.96. The van der Waals surface area contributed by atoms with Crippen LogP contribution in [0.2, 0.25) is 0 Å². The fraction of sp³-hybridized carbons (Fsp3) is 0. The summed E-state index contributed by atoms with van der Waals surface area (Å²) in [5.41, 5.74) is 1.48. The van der Waals surface area contributed by atoms with Crippen LogP contribution in [0, 0.1) is 6.07 Å². The molecule has 2 rings (SSSR count). The molecule has 0 atom stereocenters. The maximum absolute atomic E-state index is 4.09. The van der Waals surface area contributed by atoms with Crippen LogP contribution in [0.5, 0.6) is 0 Å². The van der Waals surface area contributed by atoms with Gasteiger partial charge in [0.1, 0.15) is 5.69 Å². The van der Waals surface area contributed by atoms with E-state index in [-0.39, 0.29) is 0 Å². The van der Waals surface area contributed by atoms with Gasteiger partial charge in [0.25, 0.3) is 0 Å². The minimum absolute atomic E-state index is 0.727. The molecule has 3 nitrogen and oxygen atoms in total. The summed E-state index contributed by atoms with van der Waals surface area (Å²) in [7, 11) is 0. The van der Waals surface area contributed by atoms with Crippen LogP contribution in [0.3, 0.4) is 0 Å². The number of aromatic nitrogens is 3. The highest BCUT2D eigenvalue weighted by Crippen LogP contribution is 2.08. The molecule has 0 saturated carbocycles. The van der Waals surface area contributed by atoms with Crippen LogP contribution in [0.25, 0.3) is 11.4 Å². The molecule has 2 aromatic rings. The van der Waals surface area contributed by atoms with Gasteiger partial charge in [-0.05, 0) is 6.07 Å². The van der Waals surface area contributed by atoms with E-state index in [9.17, 15) is 0 Å². The third-order valence-corrected chi connectivity index (χ3v) is 1.41. The van der Waals surface area contributed by atoms with Gasteiger partial charge in [0.05, 0.1) is 11.9 Å². The Morgan fingerprint density at radius 1 is 1.08 bits per heavy atom. The van der Waals surface area contributed by atoms with E-state index >= 15 is 0 Å². The second-order valence-electron chi connectivity index (χ2n) is 2.22. The van der Waals surface area contributed by atoms with Crippen LogP contribution in [0.1, 0.15) is 0 Å². The van der Waals surface area contributed by atoms with Crippen LogP contribution in [-0.2, 0) is 0 Å². The summed E-state index contributed by atoms with van der Waals surface area (Å²) >= 11 is 0. The van der Waals surface area contributed by atoms with Gasteiger partial charge in [-0.15, -0.1) is 0 Å². The molecule has 0 fully saturated rings. The number of rotatable bonds is 1. The van der Waals surface area contributed by atoms with Gasteiger partial charge >= 0.3 is 0 Å². The van der Waals surface area contributed by atoms with Crippen LogP contribution < -0.4 is 0 Å². The van der Waals surface area contributed by atoms with Crippen molar-refractivity contribution in [1.82, 2.24) is 15.0 Å². The zero-order valence-corrected chi connectivity index (χ0v) is 6.31. The molecule has 0 N–H and O–H groups in total. The summed E-state index contributed by atoms with van der Waals surface area (Å²) in [4.78, 5) is 12.1. The van der Waals surface area contributed by atoms with Crippen molar-refractivity contribution in [2.24, 2.45) is 0 Å². The molecule has 0 unspecified atom stereocenters. The first-order valence-corrected chi connectivity index (χ1v) is 3.56. The molecule has 1 radical (unpaired) electrons. The smallest absolute Gasteiger partial charge is 0.108 e. The van der Waals surface area contributed by atoms with Crippen molar-refractivity contribution in [3.05, 3.63) is 43.0 Å². The SMILES string of the molecule is [c]1cccnc1-c1cnccn1. The van der Waals surface area contributed by atoms with Crippen molar-refractivity contribution in [3.63, 3.8) is 0 Å². The summed E-state index contributed by atoms with van der Waals surface area (Å²) in [6.07, 6.45) is 6.64. The van der Waals surface area contributed by atoms with E-state index in [1.165, 1.54) is 0 Å². The molecule has 0 bridgehead atoms. The van der Waals surface area contributed by atoms with Crippen molar-refractivity contribution in [2.45, 2.75) is 0 Å². The summed E-state index contributed by atoms with van der Waals surface area (Å²) in [6, 6.07) is 6.59. The first-order valence-electron chi connectivity index (χ1n) is 3.56. The van der Waals surface area contributed by atoms with Gasteiger partial charge in [-0.3, -0.25) is 15.0 Å². The van der Waals surface area contributed by atoms with E-state index in [1.54, 1.807) is 30.9 Å². The highest BCUT2D eigenvalue weighted by atomic mass is 14.8. The molecule has 2 heterocycles. The molecule has 0 amide bonds. The maximum Gasteiger partial charge on any atom is 0.108 e. The fourth-order valence-electron chi connectivity index (χ4n) is 0.886. The number of nitrogens with zero attached hydrogens (tertiary/aromatic N) is 3. The summed E-state index contributed by atoms with van der Waals surface area (Å²) in [5, 5.41) is 0. The van der Waals surface area contributed by atoms with E-state index in [2.05, 4.69) is 21.0 Å². The van der Waals surface area contributed by atoms with E-state index in [4.69, 9.17) is 0 Å². The molecule has 0 aromatic carbocycles. The predicted molar refractivity (Wildman–Crippen MR) is 44.1 cm³/mol. The lowest BCUT2D eigenvalue weighted by atomic mass is 10.3. The van der Waals surface area contributed by atoms with Gasteiger partial charge in [-0.2, -0.15) is 0 Å². The second-order valence-corrected chi connectivity index (χ2v) is 2.22. The lowest BCUT2D eigenvalue weighted by Crippen LogP contribution is -1.86. The minimum Gasteiger partial charge on any atom is -0.261 e. The van der Waals surface area contributed by atoms with Gasteiger partial charge in [0.15, 0.2) is 0 Å². The standard InChI is InChI=1S/C9H6N3/c1-2-4-11-8(3-1)9-7-10-5-6-12-9/h1-2,4-7H. The average Bonchev–Trinajstić information content (AvgIpc) is 2.21. The van der Waals surface area contributed by atoms with E-state index in [1.807, 2.05) is 6.07 Å². The summed E-state index contributed by atoms with van der Waals surface area (Å²) in [5.74, 6) is 0. The van der Waals surface area contributed by atoms with Crippen LogP contribution in [0.15, 0.2) is 36.9 Å². The Bertz CT molecular complexity index is 307. The van der Waals surface area contributed by atoms with Crippen molar-refractivity contribution in [3.8, 4) is 11.4 Å². The van der Waals surface area contributed by atoms with Gasteiger partial charge in [-0.25, -0.2) is 0 Å². The lowest BCUT2D eigenvalue weighted by Gasteiger charge is -1.95. The van der Waals surface area contributed by atoms with Crippen LogP contribution >= 0.6 is 0 Å². The molecule has 0 aliphatic rings. The molecule has 0 spiro atoms. The second kappa shape index (κ2) is 3.09. The third kappa shape index (κ3) is 1.29. The van der Waals surface area contributed by atoms with Crippen molar-refractivity contribution in [2.75, 3.05) is 0 Å². The molecule has 12 heavy (non-hydrogen) atoms. The maximum atomic E-state index is 4.09. The largest absolute Gasteiger partial charge is 0.261 e. The first kappa shape index (κ1) is 6.91. The molecule has 3 heteroatoms. The molecular formula is C9H6N3. The van der Waals surface area contributed by atoms with E-state index in [0.717, 1.165) is 11.4 Å². The zero-order valence-electron chi connectivity index (χ0n) is 6.31. The normalized spacial score (nSPS) is 9.67. The molecule has 0 saturated heterocycles. The molecule has 0 aliphatic carbocycles. The number of pyridine rings is 1. The summed E-state index contributed by atoms with van der Waals surface area (Å²) in [6.45, 7) is 0. The van der Waals surface area contributed by atoms with Gasteiger partial charge in [-0.1, -0.05) is 6.07 Å². The Morgan fingerprint density at radius 2 is 2.08 bits per heavy atom.